The van der Waals surface area contributed by atoms with Crippen molar-refractivity contribution >= 4 is 39.1 Å². The third kappa shape index (κ3) is 4.25. The number of aryl methyl sites for hydroxylation is 3. The van der Waals surface area contributed by atoms with Crippen molar-refractivity contribution in [3.8, 4) is 0 Å². The van der Waals surface area contributed by atoms with Gasteiger partial charge in [-0.1, -0.05) is 72.4 Å². The van der Waals surface area contributed by atoms with Gasteiger partial charge in [-0.2, -0.15) is 0 Å². The molecule has 4 rings (SSSR count). The molecule has 2 aromatic carbocycles. The Kier molecular flexibility index (Phi) is 6.16. The van der Waals surface area contributed by atoms with E-state index in [0.717, 1.165) is 21.7 Å². The highest BCUT2D eigenvalue weighted by Gasteiger charge is 2.18. The fraction of sp³-hybridized carbons (Fsp3) is 0.208. The lowest BCUT2D eigenvalue weighted by Crippen LogP contribution is -2.24. The molecule has 0 amide bonds. The summed E-state index contributed by atoms with van der Waals surface area (Å²) in [6, 6.07) is 19.3. The minimum atomic E-state index is -0.0209. The number of carbonyl (C=O) groups is 1. The number of hydrogen-bond acceptors (Lipinski definition) is 5. The highest BCUT2D eigenvalue weighted by atomic mass is 32.2. The standard InChI is InChI=1S/C24H22N2O2S2/c1-16-17(2)30-22-21(16)23(28)26(14-13-18-9-5-3-6-10-18)24(25-22)29-15-20(27)19-11-7-4-8-12-19/h3-12H,13-15H2,1-2H3. The number of fused-ring (bicyclic) bond motifs is 1. The first-order valence-corrected chi connectivity index (χ1v) is 11.6. The van der Waals surface area contributed by atoms with Gasteiger partial charge in [0, 0.05) is 17.0 Å². The number of carbonyl (C=O) groups excluding carboxylic acids is 1. The van der Waals surface area contributed by atoms with E-state index in [2.05, 4.69) is 12.1 Å². The first-order chi connectivity index (χ1) is 14.5. The van der Waals surface area contributed by atoms with Crippen molar-refractivity contribution in [1.29, 1.82) is 0 Å². The Hall–Kier alpha value is -2.70. The highest BCUT2D eigenvalue weighted by molar-refractivity contribution is 7.99. The van der Waals surface area contributed by atoms with Gasteiger partial charge < -0.3 is 0 Å². The lowest BCUT2D eigenvalue weighted by Gasteiger charge is -2.12. The molecular weight excluding hydrogens is 412 g/mol. The number of thiophene rings is 1. The maximum Gasteiger partial charge on any atom is 0.263 e. The van der Waals surface area contributed by atoms with Crippen LogP contribution in [0.4, 0.5) is 0 Å². The van der Waals surface area contributed by atoms with Crippen LogP contribution in [-0.4, -0.2) is 21.1 Å². The molecule has 30 heavy (non-hydrogen) atoms. The van der Waals surface area contributed by atoms with Crippen molar-refractivity contribution in [2.24, 2.45) is 0 Å². The van der Waals surface area contributed by atoms with Gasteiger partial charge in [-0.25, -0.2) is 4.98 Å². The van der Waals surface area contributed by atoms with Crippen molar-refractivity contribution in [2.45, 2.75) is 32.0 Å². The third-order valence-electron chi connectivity index (χ3n) is 5.15. The summed E-state index contributed by atoms with van der Waals surface area (Å²) in [5.74, 6) is 0.277. The summed E-state index contributed by atoms with van der Waals surface area (Å²) in [6.07, 6.45) is 0.732. The zero-order valence-electron chi connectivity index (χ0n) is 16.9. The molecule has 152 valence electrons. The second kappa shape index (κ2) is 8.98. The van der Waals surface area contributed by atoms with Crippen LogP contribution >= 0.6 is 23.1 Å². The molecular formula is C24H22N2O2S2. The molecule has 0 radical (unpaired) electrons. The summed E-state index contributed by atoms with van der Waals surface area (Å²) in [5.41, 5.74) is 2.82. The van der Waals surface area contributed by atoms with Crippen molar-refractivity contribution in [3.63, 3.8) is 0 Å². The molecule has 2 aromatic heterocycles. The van der Waals surface area contributed by atoms with Crippen molar-refractivity contribution in [2.75, 3.05) is 5.75 Å². The van der Waals surface area contributed by atoms with Crippen LogP contribution in [0.5, 0.6) is 0 Å². The first kappa shape index (κ1) is 20.6. The Morgan fingerprint density at radius 3 is 2.40 bits per heavy atom. The summed E-state index contributed by atoms with van der Waals surface area (Å²) in [7, 11) is 0. The molecule has 0 fully saturated rings. The predicted octanol–water partition coefficient (Wildman–Crippen LogP) is 5.29. The molecule has 0 bridgehead atoms. The number of thioether (sulfide) groups is 1. The topological polar surface area (TPSA) is 52.0 Å². The highest BCUT2D eigenvalue weighted by Crippen LogP contribution is 2.28. The van der Waals surface area contributed by atoms with E-state index >= 15 is 0 Å². The van der Waals surface area contributed by atoms with Crippen LogP contribution < -0.4 is 5.56 Å². The summed E-state index contributed by atoms with van der Waals surface area (Å²) < 4.78 is 1.73. The molecule has 0 atom stereocenters. The number of rotatable bonds is 7. The molecule has 4 aromatic rings. The Morgan fingerprint density at radius 1 is 1.03 bits per heavy atom. The zero-order chi connectivity index (χ0) is 21.1. The number of hydrogen-bond donors (Lipinski definition) is 0. The molecule has 0 unspecified atom stereocenters. The lowest BCUT2D eigenvalue weighted by molar-refractivity contribution is 0.102. The van der Waals surface area contributed by atoms with E-state index < -0.39 is 0 Å². The Bertz CT molecular complexity index is 1250. The normalized spacial score (nSPS) is 11.1. The van der Waals surface area contributed by atoms with Gasteiger partial charge in [-0.15, -0.1) is 11.3 Å². The Balaban J connectivity index is 1.67. The van der Waals surface area contributed by atoms with Crippen molar-refractivity contribution in [3.05, 3.63) is 92.6 Å². The van der Waals surface area contributed by atoms with Crippen LogP contribution in [-0.2, 0) is 13.0 Å². The van der Waals surface area contributed by atoms with Gasteiger partial charge in [-0.3, -0.25) is 14.2 Å². The largest absolute Gasteiger partial charge is 0.293 e. The molecule has 0 aliphatic rings. The minimum Gasteiger partial charge on any atom is -0.293 e. The van der Waals surface area contributed by atoms with Crippen LogP contribution in [0.3, 0.4) is 0 Å². The fourth-order valence-electron chi connectivity index (χ4n) is 3.34. The van der Waals surface area contributed by atoms with Gasteiger partial charge in [0.15, 0.2) is 10.9 Å². The molecule has 2 heterocycles. The number of ketones is 1. The molecule has 4 nitrogen and oxygen atoms in total. The first-order valence-electron chi connectivity index (χ1n) is 9.80. The van der Waals surface area contributed by atoms with Crippen molar-refractivity contribution < 1.29 is 4.79 Å². The van der Waals surface area contributed by atoms with Crippen LogP contribution in [0.1, 0.15) is 26.4 Å². The Labute approximate surface area is 183 Å². The van der Waals surface area contributed by atoms with Crippen LogP contribution in [0, 0.1) is 13.8 Å². The van der Waals surface area contributed by atoms with Crippen molar-refractivity contribution in [1.82, 2.24) is 9.55 Å². The molecule has 0 saturated heterocycles. The molecule has 0 N–H and O–H groups in total. The van der Waals surface area contributed by atoms with Gasteiger partial charge in [-0.05, 0) is 31.4 Å². The second-order valence-corrected chi connectivity index (χ2v) is 9.27. The van der Waals surface area contributed by atoms with E-state index in [9.17, 15) is 9.59 Å². The van der Waals surface area contributed by atoms with E-state index in [1.165, 1.54) is 28.7 Å². The van der Waals surface area contributed by atoms with Gasteiger partial charge in [0.25, 0.3) is 5.56 Å². The maximum atomic E-state index is 13.4. The summed E-state index contributed by atoms with van der Waals surface area (Å²) in [5, 5.41) is 1.30. The molecule has 0 aliphatic heterocycles. The van der Waals surface area contributed by atoms with Crippen LogP contribution in [0.15, 0.2) is 70.6 Å². The second-order valence-electron chi connectivity index (χ2n) is 7.13. The Morgan fingerprint density at radius 2 is 1.70 bits per heavy atom. The molecule has 0 spiro atoms. The van der Waals surface area contributed by atoms with Crippen LogP contribution in [0.2, 0.25) is 0 Å². The number of nitrogens with zero attached hydrogens (tertiary/aromatic N) is 2. The summed E-state index contributed by atoms with van der Waals surface area (Å²) in [4.78, 5) is 32.6. The average Bonchev–Trinajstić information content (AvgIpc) is 3.06. The number of aromatic nitrogens is 2. The summed E-state index contributed by atoms with van der Waals surface area (Å²) in [6.45, 7) is 4.52. The SMILES string of the molecule is Cc1sc2nc(SCC(=O)c3ccccc3)n(CCc3ccccc3)c(=O)c2c1C. The van der Waals surface area contributed by atoms with E-state index in [1.807, 2.05) is 62.4 Å². The van der Waals surface area contributed by atoms with Gasteiger partial charge in [0.1, 0.15) is 4.83 Å². The predicted molar refractivity (Wildman–Crippen MR) is 125 cm³/mol. The third-order valence-corrected chi connectivity index (χ3v) is 7.23. The van der Waals surface area contributed by atoms with Gasteiger partial charge in [0.2, 0.25) is 0 Å². The van der Waals surface area contributed by atoms with Gasteiger partial charge >= 0.3 is 0 Å². The average molecular weight is 435 g/mol. The fourth-order valence-corrected chi connectivity index (χ4v) is 5.33. The summed E-state index contributed by atoms with van der Waals surface area (Å²) >= 11 is 2.88. The van der Waals surface area contributed by atoms with E-state index in [4.69, 9.17) is 4.98 Å². The van der Waals surface area contributed by atoms with E-state index in [1.54, 1.807) is 4.57 Å². The van der Waals surface area contributed by atoms with E-state index in [-0.39, 0.29) is 17.1 Å². The molecule has 0 saturated carbocycles. The smallest absolute Gasteiger partial charge is 0.263 e. The van der Waals surface area contributed by atoms with E-state index in [0.29, 0.717) is 22.7 Å². The zero-order valence-corrected chi connectivity index (χ0v) is 18.6. The lowest BCUT2D eigenvalue weighted by atomic mass is 10.1. The van der Waals surface area contributed by atoms with Gasteiger partial charge in [0.05, 0.1) is 11.1 Å². The quantitative estimate of drug-likeness (QED) is 0.225. The number of benzene rings is 2. The van der Waals surface area contributed by atoms with Crippen LogP contribution in [0.25, 0.3) is 10.2 Å². The number of Topliss-reactive ketones (excluding diaryl/α,β-unsaturated/α-hetero) is 1. The molecule has 6 heteroatoms. The molecule has 0 aliphatic carbocycles. The maximum absolute atomic E-state index is 13.4. The minimum absolute atomic E-state index is 0.0209. The monoisotopic (exact) mass is 434 g/mol.